The molecule has 3 aromatic rings. The number of anilines is 1. The Morgan fingerprint density at radius 3 is 2.77 bits per heavy atom. The van der Waals surface area contributed by atoms with E-state index in [1.165, 1.54) is 7.11 Å². The summed E-state index contributed by atoms with van der Waals surface area (Å²) in [4.78, 5) is 35.2. The van der Waals surface area contributed by atoms with Crippen LogP contribution in [0.1, 0.15) is 29.4 Å². The standard InChI is InChI=1S/C23H21BrN4O3/c1-31-23(30)27-17-10-7-14-3-2-4-15-11-19(28(20(14)15)22(17)29)21-25-12-18(26-21)13-5-8-16(24)9-6-13/h2-6,8-9,12,17,19H,7,10-11H2,1H3,(H,25,26)(H,27,30)/t17-,19-/m0/s1. The number of carbonyl (C=O) groups is 2. The topological polar surface area (TPSA) is 87.3 Å². The summed E-state index contributed by atoms with van der Waals surface area (Å²) in [5, 5.41) is 2.70. The summed E-state index contributed by atoms with van der Waals surface area (Å²) in [6.45, 7) is 0. The molecule has 8 heteroatoms. The van der Waals surface area contributed by atoms with Crippen LogP contribution in [0.25, 0.3) is 11.3 Å². The van der Waals surface area contributed by atoms with Crippen LogP contribution >= 0.6 is 15.9 Å². The minimum absolute atomic E-state index is 0.138. The molecular formula is C23H21BrN4O3. The second-order valence-electron chi connectivity index (χ2n) is 7.77. The molecule has 3 heterocycles. The molecule has 2 N–H and O–H groups in total. The number of nitrogens with zero attached hydrogens (tertiary/aromatic N) is 2. The Morgan fingerprint density at radius 2 is 2.00 bits per heavy atom. The van der Waals surface area contributed by atoms with Crippen molar-refractivity contribution in [2.75, 3.05) is 12.0 Å². The highest BCUT2D eigenvalue weighted by Crippen LogP contribution is 2.44. The predicted octanol–water partition coefficient (Wildman–Crippen LogP) is 4.14. The monoisotopic (exact) mass is 480 g/mol. The van der Waals surface area contributed by atoms with Gasteiger partial charge in [0.2, 0.25) is 5.91 Å². The van der Waals surface area contributed by atoms with Gasteiger partial charge in [0.15, 0.2) is 0 Å². The number of aromatic amines is 1. The number of imidazole rings is 1. The Morgan fingerprint density at radius 1 is 1.23 bits per heavy atom. The van der Waals surface area contributed by atoms with E-state index in [2.05, 4.69) is 43.3 Å². The highest BCUT2D eigenvalue weighted by atomic mass is 79.9. The van der Waals surface area contributed by atoms with Crippen LogP contribution in [-0.4, -0.2) is 35.1 Å². The molecule has 7 nitrogen and oxygen atoms in total. The number of aromatic nitrogens is 2. The lowest BCUT2D eigenvalue weighted by molar-refractivity contribution is -0.121. The van der Waals surface area contributed by atoms with Crippen molar-refractivity contribution in [3.63, 3.8) is 0 Å². The Labute approximate surface area is 187 Å². The highest BCUT2D eigenvalue weighted by molar-refractivity contribution is 9.10. The summed E-state index contributed by atoms with van der Waals surface area (Å²) in [5.41, 5.74) is 5.10. The maximum atomic E-state index is 13.5. The van der Waals surface area contributed by atoms with Crippen molar-refractivity contribution in [2.45, 2.75) is 31.3 Å². The van der Waals surface area contributed by atoms with Crippen molar-refractivity contribution < 1.29 is 14.3 Å². The number of rotatable bonds is 3. The zero-order valence-corrected chi connectivity index (χ0v) is 18.5. The maximum Gasteiger partial charge on any atom is 0.407 e. The lowest BCUT2D eigenvalue weighted by Crippen LogP contribution is -2.48. The first kappa shape index (κ1) is 19.8. The smallest absolute Gasteiger partial charge is 0.407 e. The van der Waals surface area contributed by atoms with E-state index in [9.17, 15) is 9.59 Å². The van der Waals surface area contributed by atoms with Gasteiger partial charge in [0.1, 0.15) is 11.9 Å². The Kier molecular flexibility index (Phi) is 5.02. The van der Waals surface area contributed by atoms with Gasteiger partial charge in [-0.15, -0.1) is 0 Å². The van der Waals surface area contributed by atoms with Gasteiger partial charge in [0.05, 0.1) is 30.7 Å². The summed E-state index contributed by atoms with van der Waals surface area (Å²) >= 11 is 3.46. The third-order valence-corrected chi connectivity index (χ3v) is 6.48. The van der Waals surface area contributed by atoms with Gasteiger partial charge in [0, 0.05) is 10.9 Å². The van der Waals surface area contributed by atoms with E-state index < -0.39 is 12.1 Å². The number of hydrogen-bond acceptors (Lipinski definition) is 4. The fourth-order valence-electron chi connectivity index (χ4n) is 4.47. The maximum absolute atomic E-state index is 13.5. The summed E-state index contributed by atoms with van der Waals surface area (Å²) < 4.78 is 5.74. The van der Waals surface area contributed by atoms with Crippen LogP contribution in [0.5, 0.6) is 0 Å². The molecule has 2 aliphatic rings. The average Bonchev–Trinajstić information content (AvgIpc) is 3.38. The van der Waals surface area contributed by atoms with Gasteiger partial charge in [-0.2, -0.15) is 0 Å². The van der Waals surface area contributed by atoms with Gasteiger partial charge < -0.3 is 15.0 Å². The number of amides is 2. The number of benzene rings is 2. The van der Waals surface area contributed by atoms with E-state index in [0.29, 0.717) is 19.3 Å². The molecule has 2 aromatic carbocycles. The highest BCUT2D eigenvalue weighted by Gasteiger charge is 2.42. The minimum Gasteiger partial charge on any atom is -0.453 e. The van der Waals surface area contributed by atoms with Crippen LogP contribution in [0.2, 0.25) is 0 Å². The van der Waals surface area contributed by atoms with Crippen molar-refractivity contribution in [2.24, 2.45) is 0 Å². The third-order valence-electron chi connectivity index (χ3n) is 5.95. The van der Waals surface area contributed by atoms with Gasteiger partial charge in [0.25, 0.3) is 0 Å². The SMILES string of the molecule is COC(=O)N[C@H]1CCc2cccc3c2N(C1=O)[C@H](c1ncc(-c2ccc(Br)cc2)[nH]1)C3. The fraction of sp³-hybridized carbons (Fsp3) is 0.261. The largest absolute Gasteiger partial charge is 0.453 e. The fourth-order valence-corrected chi connectivity index (χ4v) is 4.73. The van der Waals surface area contributed by atoms with Gasteiger partial charge in [-0.3, -0.25) is 9.69 Å². The first-order chi connectivity index (χ1) is 15.0. The molecule has 0 spiro atoms. The van der Waals surface area contributed by atoms with Crippen LogP contribution in [0, 0.1) is 0 Å². The van der Waals surface area contributed by atoms with E-state index in [-0.39, 0.29) is 11.9 Å². The summed E-state index contributed by atoms with van der Waals surface area (Å²) in [7, 11) is 1.30. The zero-order valence-electron chi connectivity index (χ0n) is 16.9. The molecule has 0 radical (unpaired) electrons. The van der Waals surface area contributed by atoms with E-state index in [4.69, 9.17) is 4.74 Å². The van der Waals surface area contributed by atoms with Gasteiger partial charge >= 0.3 is 6.09 Å². The second-order valence-corrected chi connectivity index (χ2v) is 8.68. The van der Waals surface area contributed by atoms with Crippen molar-refractivity contribution in [3.8, 4) is 11.3 Å². The van der Waals surface area contributed by atoms with Crippen LogP contribution < -0.4 is 10.2 Å². The van der Waals surface area contributed by atoms with E-state index >= 15 is 0 Å². The molecule has 2 amide bonds. The average molecular weight is 481 g/mol. The van der Waals surface area contributed by atoms with E-state index in [0.717, 1.165) is 38.4 Å². The predicted molar refractivity (Wildman–Crippen MR) is 120 cm³/mol. The molecule has 0 bridgehead atoms. The molecule has 0 unspecified atom stereocenters. The zero-order chi connectivity index (χ0) is 21.5. The minimum atomic E-state index is -0.644. The Balaban J connectivity index is 1.52. The number of hydrogen-bond donors (Lipinski definition) is 2. The summed E-state index contributed by atoms with van der Waals surface area (Å²) in [6, 6.07) is 13.2. The molecular weight excluding hydrogens is 460 g/mol. The molecule has 2 atom stereocenters. The lowest BCUT2D eigenvalue weighted by Gasteiger charge is -2.27. The number of para-hydroxylation sites is 1. The number of carbonyl (C=O) groups excluding carboxylic acids is 2. The molecule has 2 aliphatic heterocycles. The number of aryl methyl sites for hydroxylation is 1. The van der Waals surface area contributed by atoms with Crippen molar-refractivity contribution in [1.29, 1.82) is 0 Å². The van der Waals surface area contributed by atoms with Crippen molar-refractivity contribution in [3.05, 3.63) is 70.1 Å². The van der Waals surface area contributed by atoms with Crippen molar-refractivity contribution in [1.82, 2.24) is 15.3 Å². The van der Waals surface area contributed by atoms with Crippen LogP contribution in [0.4, 0.5) is 10.5 Å². The number of ether oxygens (including phenoxy) is 1. The first-order valence-electron chi connectivity index (χ1n) is 10.1. The number of H-pyrrole nitrogens is 1. The van der Waals surface area contributed by atoms with E-state index in [1.807, 2.05) is 35.2 Å². The van der Waals surface area contributed by atoms with Gasteiger partial charge in [-0.1, -0.05) is 46.3 Å². The van der Waals surface area contributed by atoms with Crippen LogP contribution in [0.15, 0.2) is 53.1 Å². The molecule has 1 aromatic heterocycles. The molecule has 0 aliphatic carbocycles. The quantitative estimate of drug-likeness (QED) is 0.589. The molecule has 31 heavy (non-hydrogen) atoms. The van der Waals surface area contributed by atoms with E-state index in [1.54, 1.807) is 6.20 Å². The Hall–Kier alpha value is -3.13. The van der Waals surface area contributed by atoms with Crippen molar-refractivity contribution >= 4 is 33.6 Å². The summed E-state index contributed by atoms with van der Waals surface area (Å²) in [6.07, 6.45) is 3.10. The number of halogens is 1. The molecule has 158 valence electrons. The first-order valence-corrected chi connectivity index (χ1v) is 10.9. The van der Waals surface area contributed by atoms with Gasteiger partial charge in [-0.05, 0) is 41.7 Å². The van der Waals surface area contributed by atoms with Crippen LogP contribution in [-0.2, 0) is 22.4 Å². The number of nitrogens with one attached hydrogen (secondary N) is 2. The number of alkyl carbamates (subject to hydrolysis) is 1. The molecule has 5 rings (SSSR count). The molecule has 0 saturated heterocycles. The molecule has 0 saturated carbocycles. The Bertz CT molecular complexity index is 1160. The summed E-state index contributed by atoms with van der Waals surface area (Å²) in [5.74, 6) is 0.591. The van der Waals surface area contributed by atoms with Crippen LogP contribution in [0.3, 0.4) is 0 Å². The van der Waals surface area contributed by atoms with Gasteiger partial charge in [-0.25, -0.2) is 9.78 Å². The number of methoxy groups -OCH3 is 1. The molecule has 0 fully saturated rings. The normalized spacial score (nSPS) is 19.7. The second kappa shape index (κ2) is 7.85. The lowest BCUT2D eigenvalue weighted by atomic mass is 10.0. The third kappa shape index (κ3) is 3.50.